The number of hydrogen-bond acceptors (Lipinski definition) is 3. The first-order chi connectivity index (χ1) is 18.0. The van der Waals surface area contributed by atoms with Crippen LogP contribution in [0.2, 0.25) is 10.6 Å². The largest absolute Gasteiger partial charge is 0.413 e. The smallest absolute Gasteiger partial charge is 0.220 e. The van der Waals surface area contributed by atoms with E-state index in [4.69, 9.17) is 4.43 Å². The average molecular weight is 562 g/mol. The average Bonchev–Trinajstić information content (AvgIpc) is 3.17. The van der Waals surface area contributed by atoms with Crippen molar-refractivity contribution in [2.45, 2.75) is 162 Å². The van der Waals surface area contributed by atoms with Crippen molar-refractivity contribution < 1.29 is 14.6 Å². The van der Waals surface area contributed by atoms with Crippen LogP contribution < -0.4 is 0 Å². The van der Waals surface area contributed by atoms with E-state index in [0.29, 0.717) is 34.8 Å². The topological polar surface area (TPSA) is 49.7 Å². The molecule has 0 amide bonds. The van der Waals surface area contributed by atoms with Crippen LogP contribution in [0.5, 0.6) is 0 Å². The summed E-state index contributed by atoms with van der Waals surface area (Å²) in [5.74, 6) is 5.11. The van der Waals surface area contributed by atoms with Gasteiger partial charge in [-0.25, -0.2) is 0 Å². The standard InChI is InChI=1S/C35H65O3Si/c1-23(2)39(32(4,5)6)38-31-18-21-35(10)29(26(31)22-36)14-13-25-28-16-15-27(34(28,9)20-17-30(25)35)24(3)12-11-19-33(7,8)37/h23-31,36-37H,11-22H2,1-10H3/t24-,25+,26?,27-,28+,29+,30+,31+,34-,35+/m1/s1. The summed E-state index contributed by atoms with van der Waals surface area (Å²) < 4.78 is 7.06. The van der Waals surface area contributed by atoms with Crippen molar-refractivity contribution in [1.29, 1.82) is 0 Å². The van der Waals surface area contributed by atoms with Gasteiger partial charge in [0.15, 0.2) is 0 Å². The van der Waals surface area contributed by atoms with E-state index in [1.165, 1.54) is 51.4 Å². The van der Waals surface area contributed by atoms with Crippen LogP contribution in [0.4, 0.5) is 0 Å². The van der Waals surface area contributed by atoms with Gasteiger partial charge in [-0.15, -0.1) is 0 Å². The zero-order valence-corrected chi connectivity index (χ0v) is 28.5. The van der Waals surface area contributed by atoms with Gasteiger partial charge in [-0.3, -0.25) is 0 Å². The summed E-state index contributed by atoms with van der Waals surface area (Å²) >= 11 is 0. The maximum atomic E-state index is 10.8. The van der Waals surface area contributed by atoms with Gasteiger partial charge in [0.2, 0.25) is 9.04 Å². The molecule has 4 aliphatic rings. The van der Waals surface area contributed by atoms with Crippen LogP contribution in [0.15, 0.2) is 0 Å². The van der Waals surface area contributed by atoms with E-state index in [1.807, 2.05) is 13.8 Å². The Kier molecular flexibility index (Phi) is 9.56. The predicted octanol–water partition coefficient (Wildman–Crippen LogP) is 9.03. The summed E-state index contributed by atoms with van der Waals surface area (Å²) in [6, 6.07) is 0. The van der Waals surface area contributed by atoms with Gasteiger partial charge in [0.25, 0.3) is 0 Å². The molecule has 1 unspecified atom stereocenters. The van der Waals surface area contributed by atoms with E-state index in [9.17, 15) is 10.2 Å². The lowest BCUT2D eigenvalue weighted by atomic mass is 9.43. The van der Waals surface area contributed by atoms with Crippen LogP contribution in [-0.2, 0) is 4.43 Å². The maximum absolute atomic E-state index is 10.8. The van der Waals surface area contributed by atoms with Crippen molar-refractivity contribution in [2.75, 3.05) is 6.61 Å². The second kappa shape index (κ2) is 11.6. The third-order valence-corrected chi connectivity index (χ3v) is 15.9. The maximum Gasteiger partial charge on any atom is 0.220 e. The normalized spacial score (nSPS) is 41.8. The summed E-state index contributed by atoms with van der Waals surface area (Å²) in [6.07, 6.45) is 14.3. The molecule has 1 radical (unpaired) electrons. The van der Waals surface area contributed by atoms with Gasteiger partial charge < -0.3 is 14.6 Å². The van der Waals surface area contributed by atoms with E-state index < -0.39 is 14.6 Å². The van der Waals surface area contributed by atoms with E-state index >= 15 is 0 Å². The van der Waals surface area contributed by atoms with Crippen molar-refractivity contribution in [1.82, 2.24) is 0 Å². The molecule has 2 N–H and O–H groups in total. The van der Waals surface area contributed by atoms with Crippen molar-refractivity contribution in [3.05, 3.63) is 0 Å². The number of aliphatic hydroxyl groups is 2. The van der Waals surface area contributed by atoms with Gasteiger partial charge in [0, 0.05) is 12.5 Å². The molecule has 39 heavy (non-hydrogen) atoms. The summed E-state index contributed by atoms with van der Waals surface area (Å²) in [6.45, 7) is 23.8. The summed E-state index contributed by atoms with van der Waals surface area (Å²) in [7, 11) is -0.972. The molecule has 4 heteroatoms. The first-order valence-electron chi connectivity index (χ1n) is 16.9. The lowest BCUT2D eigenvalue weighted by Crippen LogP contribution is -2.58. The molecule has 0 spiro atoms. The highest BCUT2D eigenvalue weighted by Gasteiger charge is 2.62. The molecule has 4 aliphatic carbocycles. The Morgan fingerprint density at radius 3 is 2.05 bits per heavy atom. The van der Waals surface area contributed by atoms with E-state index in [2.05, 4.69) is 55.4 Å². The second-order valence-electron chi connectivity index (χ2n) is 17.3. The van der Waals surface area contributed by atoms with Crippen LogP contribution in [0, 0.1) is 52.3 Å². The molecule has 0 aromatic rings. The summed E-state index contributed by atoms with van der Waals surface area (Å²) in [4.78, 5) is 0. The molecule has 0 aromatic heterocycles. The third kappa shape index (κ3) is 6.25. The summed E-state index contributed by atoms with van der Waals surface area (Å²) in [5.41, 5.74) is 0.910. The van der Waals surface area contributed by atoms with E-state index in [1.54, 1.807) is 0 Å². The van der Waals surface area contributed by atoms with Crippen LogP contribution in [-0.4, -0.2) is 37.6 Å². The zero-order chi connectivity index (χ0) is 29.0. The first kappa shape index (κ1) is 32.0. The molecule has 0 saturated heterocycles. The Morgan fingerprint density at radius 2 is 1.46 bits per heavy atom. The SMILES string of the molecule is CC(C)[Si](O[C@H]1CC[C@@]2(C)[C@@H](CC[C@@H]3[C@@H]2CC[C@]2(C)[C@@H]([C@H](C)CCCC(C)(C)O)CC[C@@H]32)C1CO)C(C)(C)C. The fourth-order valence-electron chi connectivity index (χ4n) is 11.3. The second-order valence-corrected chi connectivity index (χ2v) is 20.9. The van der Waals surface area contributed by atoms with Gasteiger partial charge in [0.1, 0.15) is 0 Å². The van der Waals surface area contributed by atoms with Gasteiger partial charge in [-0.05, 0) is 129 Å². The molecule has 4 saturated carbocycles. The Labute approximate surface area is 244 Å². The minimum absolute atomic E-state index is 0.218. The Morgan fingerprint density at radius 1 is 0.846 bits per heavy atom. The van der Waals surface area contributed by atoms with Gasteiger partial charge in [0.05, 0.1) is 11.7 Å². The summed E-state index contributed by atoms with van der Waals surface area (Å²) in [5, 5.41) is 21.2. The highest BCUT2D eigenvalue weighted by atomic mass is 28.3. The quantitative estimate of drug-likeness (QED) is 0.276. The van der Waals surface area contributed by atoms with Crippen molar-refractivity contribution in [3.63, 3.8) is 0 Å². The molecule has 0 aliphatic heterocycles. The van der Waals surface area contributed by atoms with Gasteiger partial charge in [-0.2, -0.15) is 0 Å². The van der Waals surface area contributed by atoms with Crippen molar-refractivity contribution >= 4 is 9.04 Å². The van der Waals surface area contributed by atoms with Crippen LogP contribution in [0.1, 0.15) is 140 Å². The molecule has 4 rings (SSSR count). The van der Waals surface area contributed by atoms with E-state index in [0.717, 1.165) is 48.9 Å². The third-order valence-electron chi connectivity index (χ3n) is 12.9. The number of aliphatic hydroxyl groups excluding tert-OH is 1. The molecule has 0 bridgehead atoms. The zero-order valence-electron chi connectivity index (χ0n) is 27.5. The van der Waals surface area contributed by atoms with Crippen molar-refractivity contribution in [3.8, 4) is 0 Å². The van der Waals surface area contributed by atoms with Gasteiger partial charge in [-0.1, -0.05) is 68.2 Å². The van der Waals surface area contributed by atoms with Crippen LogP contribution >= 0.6 is 0 Å². The molecule has 227 valence electrons. The van der Waals surface area contributed by atoms with Gasteiger partial charge >= 0.3 is 0 Å². The number of fused-ring (bicyclic) bond motifs is 5. The Hall–Kier alpha value is 0.0969. The van der Waals surface area contributed by atoms with E-state index in [-0.39, 0.29) is 11.1 Å². The Balaban J connectivity index is 1.46. The van der Waals surface area contributed by atoms with Crippen molar-refractivity contribution in [2.24, 2.45) is 52.3 Å². The molecule has 10 atom stereocenters. The minimum Gasteiger partial charge on any atom is -0.413 e. The lowest BCUT2D eigenvalue weighted by molar-refractivity contribution is -0.156. The molecule has 4 fully saturated rings. The fraction of sp³-hybridized carbons (Fsp3) is 1.00. The predicted molar refractivity (Wildman–Crippen MR) is 166 cm³/mol. The lowest BCUT2D eigenvalue weighted by Gasteiger charge is -2.63. The highest BCUT2D eigenvalue weighted by molar-refractivity contribution is 6.56. The Bertz CT molecular complexity index is 814. The number of hydrogen-bond donors (Lipinski definition) is 2. The monoisotopic (exact) mass is 561 g/mol. The highest BCUT2D eigenvalue weighted by Crippen LogP contribution is 2.69. The fourth-order valence-corrected chi connectivity index (χ4v) is 14.2. The molecule has 3 nitrogen and oxygen atoms in total. The molecular weight excluding hydrogens is 496 g/mol. The minimum atomic E-state index is -0.972. The first-order valence-corrected chi connectivity index (χ1v) is 18.4. The molecule has 0 aromatic carbocycles. The van der Waals surface area contributed by atoms with Crippen LogP contribution in [0.3, 0.4) is 0 Å². The van der Waals surface area contributed by atoms with Crippen LogP contribution in [0.25, 0.3) is 0 Å². The molecular formula is C35H65O3Si. The molecule has 0 heterocycles. The number of rotatable bonds is 9.